The van der Waals surface area contributed by atoms with Gasteiger partial charge in [-0.3, -0.25) is 4.68 Å². The summed E-state index contributed by atoms with van der Waals surface area (Å²) in [4.78, 5) is 11.8. The van der Waals surface area contributed by atoms with Crippen molar-refractivity contribution < 1.29 is 9.90 Å². The first-order chi connectivity index (χ1) is 9.82. The molecule has 120 valence electrons. The fourth-order valence-corrected chi connectivity index (χ4v) is 1.91. The molecule has 21 heavy (non-hydrogen) atoms. The van der Waals surface area contributed by atoms with Gasteiger partial charge >= 0.3 is 6.03 Å². The van der Waals surface area contributed by atoms with Gasteiger partial charge in [-0.1, -0.05) is 20.8 Å². The second-order valence-electron chi connectivity index (χ2n) is 6.23. The molecule has 6 heteroatoms. The fraction of sp³-hybridized carbons (Fsp3) is 0.733. The zero-order chi connectivity index (χ0) is 15.9. The van der Waals surface area contributed by atoms with E-state index in [-0.39, 0.29) is 12.6 Å². The van der Waals surface area contributed by atoms with E-state index in [0.29, 0.717) is 18.0 Å². The molecule has 0 aliphatic heterocycles. The van der Waals surface area contributed by atoms with Crippen molar-refractivity contribution in [2.45, 2.75) is 59.1 Å². The van der Waals surface area contributed by atoms with Crippen molar-refractivity contribution >= 4 is 11.7 Å². The maximum Gasteiger partial charge on any atom is 0.319 e. The SMILES string of the molecule is CCCn1cc(NC(=O)NC[C@@](C)(O)CCC(C)C)cn1. The van der Waals surface area contributed by atoms with Crippen molar-refractivity contribution in [2.75, 3.05) is 11.9 Å². The standard InChI is InChI=1S/C15H28N4O2/c1-5-8-19-10-13(9-17-19)18-14(20)16-11-15(4,21)7-6-12(2)3/h9-10,12,21H,5-8,11H2,1-4H3,(H2,16,18,20)/t15-/m0/s1. The van der Waals surface area contributed by atoms with E-state index in [1.807, 2.05) is 0 Å². The average Bonchev–Trinajstić information content (AvgIpc) is 2.82. The van der Waals surface area contributed by atoms with Gasteiger partial charge in [-0.05, 0) is 32.1 Å². The molecule has 0 fully saturated rings. The summed E-state index contributed by atoms with van der Waals surface area (Å²) in [5.41, 5.74) is -0.226. The van der Waals surface area contributed by atoms with Crippen LogP contribution < -0.4 is 10.6 Å². The second-order valence-corrected chi connectivity index (χ2v) is 6.23. The van der Waals surface area contributed by atoms with Crippen LogP contribution in [0.5, 0.6) is 0 Å². The minimum Gasteiger partial charge on any atom is -0.388 e. The number of carbonyl (C=O) groups is 1. The summed E-state index contributed by atoms with van der Waals surface area (Å²) in [5, 5.41) is 19.7. The number of hydrogen-bond donors (Lipinski definition) is 3. The van der Waals surface area contributed by atoms with Crippen molar-refractivity contribution in [3.05, 3.63) is 12.4 Å². The first kappa shape index (κ1) is 17.5. The van der Waals surface area contributed by atoms with Crippen LogP contribution in [-0.4, -0.2) is 33.1 Å². The van der Waals surface area contributed by atoms with Crippen LogP contribution in [0.4, 0.5) is 10.5 Å². The third kappa shape index (κ3) is 7.13. The van der Waals surface area contributed by atoms with Gasteiger partial charge < -0.3 is 15.7 Å². The molecule has 1 rings (SSSR count). The van der Waals surface area contributed by atoms with E-state index in [0.717, 1.165) is 19.4 Å². The largest absolute Gasteiger partial charge is 0.388 e. The number of aryl methyl sites for hydroxylation is 1. The van der Waals surface area contributed by atoms with Crippen LogP contribution in [-0.2, 0) is 6.54 Å². The Morgan fingerprint density at radius 1 is 1.52 bits per heavy atom. The lowest BCUT2D eigenvalue weighted by molar-refractivity contribution is 0.0481. The number of urea groups is 1. The molecule has 0 aliphatic rings. The molecule has 1 heterocycles. The van der Waals surface area contributed by atoms with Crippen LogP contribution in [0.1, 0.15) is 47.0 Å². The number of carbonyl (C=O) groups excluding carboxylic acids is 1. The van der Waals surface area contributed by atoms with Crippen LogP contribution in [0, 0.1) is 5.92 Å². The molecule has 6 nitrogen and oxygen atoms in total. The first-order valence-electron chi connectivity index (χ1n) is 7.62. The van der Waals surface area contributed by atoms with Gasteiger partial charge in [0.25, 0.3) is 0 Å². The first-order valence-corrected chi connectivity index (χ1v) is 7.62. The molecule has 0 unspecified atom stereocenters. The topological polar surface area (TPSA) is 79.2 Å². The number of nitrogens with one attached hydrogen (secondary N) is 2. The Morgan fingerprint density at radius 2 is 2.24 bits per heavy atom. The van der Waals surface area contributed by atoms with Gasteiger partial charge in [-0.15, -0.1) is 0 Å². The van der Waals surface area contributed by atoms with Gasteiger partial charge in [-0.2, -0.15) is 5.10 Å². The van der Waals surface area contributed by atoms with E-state index in [4.69, 9.17) is 0 Å². The molecule has 0 bridgehead atoms. The molecule has 0 saturated carbocycles. The number of hydrogen-bond acceptors (Lipinski definition) is 3. The molecule has 0 aromatic carbocycles. The third-order valence-electron chi connectivity index (χ3n) is 3.23. The molecule has 0 aliphatic carbocycles. The minimum absolute atomic E-state index is 0.231. The Bertz CT molecular complexity index is 441. The van der Waals surface area contributed by atoms with Crippen LogP contribution >= 0.6 is 0 Å². The monoisotopic (exact) mass is 296 g/mol. The number of anilines is 1. The molecule has 2 amide bonds. The van der Waals surface area contributed by atoms with Crippen LogP contribution in [0.25, 0.3) is 0 Å². The molecule has 1 atom stereocenters. The van der Waals surface area contributed by atoms with Gasteiger partial charge in [0.2, 0.25) is 0 Å². The van der Waals surface area contributed by atoms with Gasteiger partial charge in [-0.25, -0.2) is 4.79 Å². The maximum atomic E-state index is 11.8. The molecule has 1 aromatic rings. The summed E-state index contributed by atoms with van der Waals surface area (Å²) in [5.74, 6) is 0.537. The Kier molecular flexibility index (Phi) is 6.68. The number of aromatic nitrogens is 2. The number of nitrogens with zero attached hydrogens (tertiary/aromatic N) is 2. The van der Waals surface area contributed by atoms with Crippen molar-refractivity contribution in [3.8, 4) is 0 Å². The second kappa shape index (κ2) is 8.02. The highest BCUT2D eigenvalue weighted by molar-refractivity contribution is 5.88. The van der Waals surface area contributed by atoms with Gasteiger partial charge in [0.05, 0.1) is 17.5 Å². The Labute approximate surface area is 126 Å². The van der Waals surface area contributed by atoms with Crippen molar-refractivity contribution in [2.24, 2.45) is 5.92 Å². The number of amides is 2. The quantitative estimate of drug-likeness (QED) is 0.690. The van der Waals surface area contributed by atoms with Crippen molar-refractivity contribution in [3.63, 3.8) is 0 Å². The minimum atomic E-state index is -0.881. The lowest BCUT2D eigenvalue weighted by Crippen LogP contribution is -2.42. The molecule has 3 N–H and O–H groups in total. The van der Waals surface area contributed by atoms with Gasteiger partial charge in [0, 0.05) is 19.3 Å². The average molecular weight is 296 g/mol. The Balaban J connectivity index is 2.35. The van der Waals surface area contributed by atoms with E-state index in [9.17, 15) is 9.90 Å². The van der Waals surface area contributed by atoms with Crippen LogP contribution in [0.15, 0.2) is 12.4 Å². The van der Waals surface area contributed by atoms with Gasteiger partial charge in [0.15, 0.2) is 0 Å². The lowest BCUT2D eigenvalue weighted by Gasteiger charge is -2.24. The van der Waals surface area contributed by atoms with E-state index >= 15 is 0 Å². The van der Waals surface area contributed by atoms with E-state index in [2.05, 4.69) is 36.5 Å². The Hall–Kier alpha value is -1.56. The van der Waals surface area contributed by atoms with Crippen LogP contribution in [0.3, 0.4) is 0 Å². The van der Waals surface area contributed by atoms with Gasteiger partial charge in [0.1, 0.15) is 0 Å². The summed E-state index contributed by atoms with van der Waals surface area (Å²) in [6.07, 6.45) is 6.00. The fourth-order valence-electron chi connectivity index (χ4n) is 1.91. The zero-order valence-corrected chi connectivity index (χ0v) is 13.5. The van der Waals surface area contributed by atoms with E-state index in [1.165, 1.54) is 0 Å². The van der Waals surface area contributed by atoms with E-state index < -0.39 is 5.60 Å². The van der Waals surface area contributed by atoms with Crippen LogP contribution in [0.2, 0.25) is 0 Å². The normalized spacial score (nSPS) is 14.0. The summed E-state index contributed by atoms with van der Waals surface area (Å²) in [7, 11) is 0. The highest BCUT2D eigenvalue weighted by atomic mass is 16.3. The molecule has 0 spiro atoms. The highest BCUT2D eigenvalue weighted by Crippen LogP contribution is 2.15. The maximum absolute atomic E-state index is 11.8. The summed E-state index contributed by atoms with van der Waals surface area (Å²) < 4.78 is 1.79. The molecule has 1 aromatic heterocycles. The summed E-state index contributed by atoms with van der Waals surface area (Å²) in [6.45, 7) is 9.10. The molecule has 0 saturated heterocycles. The van der Waals surface area contributed by atoms with Crippen molar-refractivity contribution in [1.29, 1.82) is 0 Å². The third-order valence-corrected chi connectivity index (χ3v) is 3.23. The highest BCUT2D eigenvalue weighted by Gasteiger charge is 2.21. The molecular formula is C15H28N4O2. The lowest BCUT2D eigenvalue weighted by atomic mass is 9.95. The molecular weight excluding hydrogens is 268 g/mol. The number of aliphatic hydroxyl groups is 1. The van der Waals surface area contributed by atoms with E-state index in [1.54, 1.807) is 24.0 Å². The zero-order valence-electron chi connectivity index (χ0n) is 13.5. The smallest absolute Gasteiger partial charge is 0.319 e. The predicted octanol–water partition coefficient (Wildman–Crippen LogP) is 2.60. The predicted molar refractivity (Wildman–Crippen MR) is 84.2 cm³/mol. The summed E-state index contributed by atoms with van der Waals surface area (Å²) in [6, 6.07) is -0.323. The number of rotatable bonds is 8. The molecule has 0 radical (unpaired) electrons. The van der Waals surface area contributed by atoms with Crippen molar-refractivity contribution in [1.82, 2.24) is 15.1 Å². The summed E-state index contributed by atoms with van der Waals surface area (Å²) >= 11 is 0. The Morgan fingerprint density at radius 3 is 2.86 bits per heavy atom.